The van der Waals surface area contributed by atoms with Crippen molar-refractivity contribution in [2.45, 2.75) is 222 Å². The number of hydrogen-bond donors (Lipinski definition) is 3. The molecule has 1 heterocycles. The molecule has 0 aliphatic carbocycles. The van der Waals surface area contributed by atoms with Gasteiger partial charge in [0.15, 0.2) is 0 Å². The summed E-state index contributed by atoms with van der Waals surface area (Å²) >= 11 is -2.76. The van der Waals surface area contributed by atoms with Crippen LogP contribution in [-0.2, 0) is 59.1 Å². The first-order chi connectivity index (χ1) is 41.2. The number of rotatable bonds is 37. The summed E-state index contributed by atoms with van der Waals surface area (Å²) in [4.78, 5) is 124. The summed E-state index contributed by atoms with van der Waals surface area (Å²) in [5.74, 6) is -6.47. The Bertz CT molecular complexity index is 2260. The SMILES string of the molecule is CCC[CH2][Sn]([CH2]CCC)([CH2]CCC)[c]1ccc(CN(CCCC[C@H](NC(=O)N[C@@H](CCC(=O)[O-])C(=O)[O-])C(=O)[O-])C(=O)CCCCNC(=O)CN2CCN(CC(=O)OC(C)(C)C)CCN(CC(=O)OC(C)(C)C)CCN(CC(=O)OC(C)(C)C)CC2)cc1. The molecule has 2 rings (SSSR count). The molecule has 1 aliphatic rings. The van der Waals surface area contributed by atoms with E-state index in [-0.39, 0.29) is 70.3 Å². The Morgan fingerprint density at radius 1 is 0.523 bits per heavy atom. The third-order valence-electron chi connectivity index (χ3n) is 15.1. The number of carboxylic acid groups (broad SMARTS) is 3. The Hall–Kier alpha value is -5.11. The van der Waals surface area contributed by atoms with Crippen LogP contribution in [0.1, 0.15) is 179 Å². The van der Waals surface area contributed by atoms with Crippen LogP contribution in [0.2, 0.25) is 13.3 Å². The number of carbonyl (C=O) groups is 9. The Labute approximate surface area is 529 Å². The summed E-state index contributed by atoms with van der Waals surface area (Å²) in [6, 6.07) is 4.49. The van der Waals surface area contributed by atoms with Gasteiger partial charge in [-0.3, -0.25) is 38.8 Å². The van der Waals surface area contributed by atoms with Crippen LogP contribution < -0.4 is 34.8 Å². The van der Waals surface area contributed by atoms with Gasteiger partial charge in [-0.05, 0) is 75.2 Å². The zero-order chi connectivity index (χ0) is 66.1. The predicted molar refractivity (Wildman–Crippen MR) is 334 cm³/mol. The summed E-state index contributed by atoms with van der Waals surface area (Å²) in [5, 5.41) is 41.8. The predicted octanol–water partition coefficient (Wildman–Crippen LogP) is 2.84. The molecule has 0 aromatic heterocycles. The van der Waals surface area contributed by atoms with Gasteiger partial charge in [-0.15, -0.1) is 0 Å². The summed E-state index contributed by atoms with van der Waals surface area (Å²) in [7, 11) is 0. The molecule has 0 radical (unpaired) electrons. The fourth-order valence-corrected chi connectivity index (χ4v) is 26.5. The van der Waals surface area contributed by atoms with Gasteiger partial charge < -0.3 is 49.2 Å². The number of esters is 3. The van der Waals surface area contributed by atoms with Crippen molar-refractivity contribution in [3.05, 3.63) is 29.8 Å². The van der Waals surface area contributed by atoms with Crippen LogP contribution in [0.4, 0.5) is 4.79 Å². The van der Waals surface area contributed by atoms with Crippen LogP contribution >= 0.6 is 0 Å². The van der Waals surface area contributed by atoms with Gasteiger partial charge in [0, 0.05) is 58.3 Å². The fourth-order valence-electron chi connectivity index (χ4n) is 10.5. The average molecular weight is 1350 g/mol. The second kappa shape index (κ2) is 40.6. The Kier molecular flexibility index (Phi) is 36.4. The molecular formula is C64H109N8O15Sn-3. The van der Waals surface area contributed by atoms with Crippen LogP contribution in [0.15, 0.2) is 24.3 Å². The normalized spacial score (nSPS) is 15.4. The number of amides is 4. The molecule has 0 bridgehead atoms. The summed E-state index contributed by atoms with van der Waals surface area (Å²) in [6.07, 6.45) is 7.50. The molecule has 3 N–H and O–H groups in total. The minimum absolute atomic E-state index is 0.00236. The standard InChI is InChI=1S/C52H85N8O15.3C4H9.Sn/c1-50(2,3)73-44(65)35-57-27-25-56(26-28-58(36-45(66)74-51(4,5)6)30-32-59(31-29-57)37-46(67)75-52(7,8)9)34-41(61)53-23-15-13-20-42(62)60(33-38-17-11-10-12-18-38)24-16-14-19-39(47(68)69)54-49(72)55-40(48(70)71)21-22-43(63)64;3*1-3-4-2;/h11-12,17-18,39-40H,13-16,19-37H2,1-9H3,(H,53,61)(H,63,64)(H,68,69)(H,70,71)(H2,54,55,72);3*1,3-4H2,2H3;/p-3/t39-,40-;;;;/m0..../s1. The van der Waals surface area contributed by atoms with Gasteiger partial charge in [-0.2, -0.15) is 0 Å². The molecule has 502 valence electrons. The molecule has 1 fully saturated rings. The van der Waals surface area contributed by atoms with Crippen LogP contribution in [0.25, 0.3) is 0 Å². The summed E-state index contributed by atoms with van der Waals surface area (Å²) < 4.78 is 22.5. The van der Waals surface area contributed by atoms with Crippen molar-refractivity contribution in [3.63, 3.8) is 0 Å². The molecule has 4 amide bonds. The monoisotopic (exact) mass is 1350 g/mol. The van der Waals surface area contributed by atoms with Crippen LogP contribution in [-0.4, -0.2) is 217 Å². The molecule has 88 heavy (non-hydrogen) atoms. The van der Waals surface area contributed by atoms with Crippen molar-refractivity contribution in [3.8, 4) is 0 Å². The van der Waals surface area contributed by atoms with Gasteiger partial charge >= 0.3 is 245 Å². The molecule has 1 aliphatic heterocycles. The summed E-state index contributed by atoms with van der Waals surface area (Å²) in [6.45, 7) is 27.0. The third-order valence-corrected chi connectivity index (χ3v) is 30.7. The molecule has 1 aromatic carbocycles. The first-order valence-corrected chi connectivity index (χ1v) is 39.6. The number of carbonyl (C=O) groups excluding carboxylic acids is 9. The average Bonchev–Trinajstić information content (AvgIpc) is 3.08. The van der Waals surface area contributed by atoms with Crippen molar-refractivity contribution in [1.82, 2.24) is 40.4 Å². The van der Waals surface area contributed by atoms with Crippen molar-refractivity contribution >= 4 is 75.6 Å². The number of aliphatic carboxylic acids is 3. The molecule has 0 spiro atoms. The van der Waals surface area contributed by atoms with E-state index < -0.39 is 102 Å². The van der Waals surface area contributed by atoms with Crippen LogP contribution in [0.3, 0.4) is 0 Å². The molecule has 0 saturated carbocycles. The molecule has 1 aromatic rings. The molecule has 24 heteroatoms. The quantitative estimate of drug-likeness (QED) is 0.0373. The Morgan fingerprint density at radius 2 is 0.920 bits per heavy atom. The third kappa shape index (κ3) is 35.3. The maximum atomic E-state index is 14.2. The van der Waals surface area contributed by atoms with Gasteiger partial charge in [0.05, 0.1) is 38.2 Å². The number of nitrogens with one attached hydrogen (secondary N) is 3. The number of ether oxygens (including phenoxy) is 3. The van der Waals surface area contributed by atoms with Gasteiger partial charge in [0.25, 0.3) is 0 Å². The van der Waals surface area contributed by atoms with E-state index in [1.807, 2.05) is 24.9 Å². The van der Waals surface area contributed by atoms with E-state index in [2.05, 4.69) is 55.7 Å². The van der Waals surface area contributed by atoms with Crippen molar-refractivity contribution in [1.29, 1.82) is 0 Å². The number of benzene rings is 1. The molecule has 0 unspecified atom stereocenters. The van der Waals surface area contributed by atoms with Gasteiger partial charge in [-0.1, -0.05) is 0 Å². The van der Waals surface area contributed by atoms with Crippen molar-refractivity contribution in [2.75, 3.05) is 91.6 Å². The molecule has 2 atom stereocenters. The second-order valence-corrected chi connectivity index (χ2v) is 39.8. The molecule has 23 nitrogen and oxygen atoms in total. The van der Waals surface area contributed by atoms with Crippen LogP contribution in [0.5, 0.6) is 0 Å². The Balaban J connectivity index is 2.31. The molecular weight excluding hydrogens is 1240 g/mol. The zero-order valence-corrected chi connectivity index (χ0v) is 58.3. The van der Waals surface area contributed by atoms with E-state index >= 15 is 0 Å². The maximum absolute atomic E-state index is 14.2. The fraction of sp³-hybridized carbons (Fsp3) is 0.766. The van der Waals surface area contributed by atoms with Crippen molar-refractivity contribution in [2.24, 2.45) is 0 Å². The second-order valence-electron chi connectivity index (χ2n) is 26.5. The Morgan fingerprint density at radius 3 is 1.30 bits per heavy atom. The van der Waals surface area contributed by atoms with Gasteiger partial charge in [0.2, 0.25) is 5.91 Å². The van der Waals surface area contributed by atoms with Crippen molar-refractivity contribution < 1.29 is 72.7 Å². The van der Waals surface area contributed by atoms with E-state index in [4.69, 9.17) is 14.2 Å². The first-order valence-electron chi connectivity index (χ1n) is 32.1. The summed E-state index contributed by atoms with van der Waals surface area (Å²) in [5.41, 5.74) is -1.15. The number of hydrogen-bond acceptors (Lipinski definition) is 19. The van der Waals surface area contributed by atoms with Gasteiger partial charge in [0.1, 0.15) is 16.8 Å². The van der Waals surface area contributed by atoms with Crippen LogP contribution in [0, 0.1) is 0 Å². The number of urea groups is 1. The van der Waals surface area contributed by atoms with E-state index in [0.29, 0.717) is 78.2 Å². The zero-order valence-electron chi connectivity index (χ0n) is 55.5. The van der Waals surface area contributed by atoms with E-state index in [1.54, 1.807) is 67.2 Å². The molecule has 1 saturated heterocycles. The van der Waals surface area contributed by atoms with E-state index in [1.165, 1.54) is 36.2 Å². The minimum atomic E-state index is -2.76. The topological polar surface area (TPSA) is 303 Å². The number of carboxylic acids is 3. The van der Waals surface area contributed by atoms with Gasteiger partial charge in [-0.25, -0.2) is 4.79 Å². The van der Waals surface area contributed by atoms with E-state index in [0.717, 1.165) is 24.8 Å². The number of nitrogens with zero attached hydrogens (tertiary/aromatic N) is 5. The number of unbranched alkanes of at least 4 members (excludes halogenated alkanes) is 5. The first kappa shape index (κ1) is 79.0. The van der Waals surface area contributed by atoms with E-state index in [9.17, 15) is 58.5 Å².